The lowest BCUT2D eigenvalue weighted by molar-refractivity contribution is 0.611. The summed E-state index contributed by atoms with van der Waals surface area (Å²) in [5.41, 5.74) is 0.583. The van der Waals surface area contributed by atoms with Gasteiger partial charge in [0.05, 0.1) is 12.1 Å². The summed E-state index contributed by atoms with van der Waals surface area (Å²) in [6, 6.07) is 3.35. The second-order valence-electron chi connectivity index (χ2n) is 3.49. The predicted molar refractivity (Wildman–Crippen MR) is 70.7 cm³/mol. The van der Waals surface area contributed by atoms with Crippen LogP contribution in [-0.2, 0) is 0 Å². The Morgan fingerprint density at radius 1 is 1.50 bits per heavy atom. The number of fused-ring (bicyclic) bond motifs is 3. The Morgan fingerprint density at radius 3 is 3.12 bits per heavy atom. The Morgan fingerprint density at radius 2 is 2.31 bits per heavy atom. The zero-order valence-electron chi connectivity index (χ0n) is 8.04. The Kier molecular flexibility index (Phi) is 2.53. The molecule has 0 aliphatic carbocycles. The summed E-state index contributed by atoms with van der Waals surface area (Å²) in [5.74, 6) is 0.439. The molecule has 0 amide bonds. The van der Waals surface area contributed by atoms with Crippen LogP contribution < -0.4 is 0 Å². The number of thioether (sulfide) groups is 1. The maximum atomic E-state index is 13.9. The van der Waals surface area contributed by atoms with E-state index in [2.05, 4.69) is 20.9 Å². The van der Waals surface area contributed by atoms with Gasteiger partial charge in [0.25, 0.3) is 0 Å². The van der Waals surface area contributed by atoms with Crippen molar-refractivity contribution in [2.75, 3.05) is 13.1 Å². The number of hydrogen-bond donors (Lipinski definition) is 0. The Hall–Kier alpha value is -0.460. The highest BCUT2D eigenvalue weighted by molar-refractivity contribution is 9.10. The van der Waals surface area contributed by atoms with E-state index in [4.69, 9.17) is 12.2 Å². The Balaban J connectivity index is 2.25. The molecule has 2 heterocycles. The molecule has 0 radical (unpaired) electrons. The fraction of sp³-hybridized carbons (Fsp3) is 0.200. The number of nitrogens with zero attached hydrogens (tertiary/aromatic N) is 2. The van der Waals surface area contributed by atoms with Crippen molar-refractivity contribution < 1.29 is 4.39 Å². The van der Waals surface area contributed by atoms with E-state index in [1.165, 1.54) is 17.8 Å². The van der Waals surface area contributed by atoms with Crippen LogP contribution in [-0.4, -0.2) is 28.1 Å². The van der Waals surface area contributed by atoms with Gasteiger partial charge in [-0.25, -0.2) is 4.39 Å². The van der Waals surface area contributed by atoms with Crippen LogP contribution in [0.2, 0.25) is 0 Å². The smallest absolute Gasteiger partial charge is 0.146 e. The van der Waals surface area contributed by atoms with Gasteiger partial charge < -0.3 is 4.90 Å². The first-order valence-corrected chi connectivity index (χ1v) is 6.72. The van der Waals surface area contributed by atoms with Crippen molar-refractivity contribution in [1.29, 1.82) is 0 Å². The van der Waals surface area contributed by atoms with Gasteiger partial charge >= 0.3 is 0 Å². The van der Waals surface area contributed by atoms with Crippen molar-refractivity contribution in [1.82, 2.24) is 4.90 Å². The van der Waals surface area contributed by atoms with Gasteiger partial charge in [0.2, 0.25) is 0 Å². The maximum absolute atomic E-state index is 13.9. The minimum absolute atomic E-state index is 0.245. The van der Waals surface area contributed by atoms with E-state index in [0.29, 0.717) is 17.9 Å². The second-order valence-corrected chi connectivity index (χ2v) is 6.08. The van der Waals surface area contributed by atoms with Crippen molar-refractivity contribution in [3.05, 3.63) is 28.0 Å². The van der Waals surface area contributed by atoms with Crippen LogP contribution in [0.5, 0.6) is 0 Å². The molecule has 0 saturated heterocycles. The molecule has 1 aromatic carbocycles. The number of rotatable bonds is 0. The van der Waals surface area contributed by atoms with E-state index in [-0.39, 0.29) is 5.82 Å². The zero-order valence-corrected chi connectivity index (χ0v) is 11.3. The highest BCUT2D eigenvalue weighted by atomic mass is 79.9. The van der Waals surface area contributed by atoms with E-state index < -0.39 is 0 Å². The molecule has 16 heavy (non-hydrogen) atoms. The quantitative estimate of drug-likeness (QED) is 0.684. The molecular weight excluding hydrogens is 311 g/mol. The first-order chi connectivity index (χ1) is 7.66. The highest BCUT2D eigenvalue weighted by Gasteiger charge is 2.32. The third-order valence-corrected chi connectivity index (χ3v) is 4.37. The van der Waals surface area contributed by atoms with Gasteiger partial charge in [0.1, 0.15) is 16.0 Å². The van der Waals surface area contributed by atoms with Crippen LogP contribution in [0, 0.1) is 5.82 Å². The van der Waals surface area contributed by atoms with Gasteiger partial charge in [0, 0.05) is 15.9 Å². The molecule has 82 valence electrons. The Labute approximate surface area is 110 Å². The van der Waals surface area contributed by atoms with Crippen molar-refractivity contribution in [2.45, 2.75) is 4.90 Å². The minimum Gasteiger partial charge on any atom is -0.309 e. The van der Waals surface area contributed by atoms with Crippen LogP contribution >= 0.6 is 39.9 Å². The van der Waals surface area contributed by atoms with Crippen molar-refractivity contribution in [3.8, 4) is 0 Å². The lowest BCUT2D eigenvalue weighted by Crippen LogP contribution is -2.35. The van der Waals surface area contributed by atoms with Crippen LogP contribution in [0.1, 0.15) is 5.56 Å². The van der Waals surface area contributed by atoms with E-state index in [0.717, 1.165) is 20.2 Å². The van der Waals surface area contributed by atoms with Crippen LogP contribution in [0.4, 0.5) is 4.39 Å². The fourth-order valence-electron chi connectivity index (χ4n) is 1.84. The van der Waals surface area contributed by atoms with Crippen molar-refractivity contribution in [2.24, 2.45) is 4.99 Å². The molecule has 0 saturated carbocycles. The van der Waals surface area contributed by atoms with E-state index in [9.17, 15) is 4.39 Å². The Bertz CT molecular complexity index is 530. The predicted octanol–water partition coefficient (Wildman–Crippen LogP) is 3.04. The summed E-state index contributed by atoms with van der Waals surface area (Å²) in [6.07, 6.45) is 0. The number of thiocarbonyl (C=S) groups is 1. The summed E-state index contributed by atoms with van der Waals surface area (Å²) in [4.78, 5) is 7.07. The largest absolute Gasteiger partial charge is 0.309 e. The molecule has 0 aromatic heterocycles. The van der Waals surface area contributed by atoms with E-state index in [1.807, 2.05) is 11.0 Å². The minimum atomic E-state index is -0.245. The van der Waals surface area contributed by atoms with Gasteiger partial charge in [-0.15, -0.1) is 0 Å². The molecule has 1 aromatic rings. The van der Waals surface area contributed by atoms with Crippen molar-refractivity contribution in [3.63, 3.8) is 0 Å². The standard InChI is InChI=1S/C10H6BrFN2S2/c11-5-3-6(12)8-7(4-5)16-10(15)14-2-1-13-9(8)14/h3-4H,1-2H2. The molecule has 0 atom stereocenters. The number of benzene rings is 1. The molecule has 0 N–H and O–H groups in total. The molecule has 2 aliphatic rings. The molecular formula is C10H6BrFN2S2. The molecule has 2 nitrogen and oxygen atoms in total. The number of amidine groups is 1. The number of aliphatic imine (C=N–C) groups is 1. The summed E-state index contributed by atoms with van der Waals surface area (Å²) in [5, 5.41) is 0. The summed E-state index contributed by atoms with van der Waals surface area (Å²) < 4.78 is 15.4. The summed E-state index contributed by atoms with van der Waals surface area (Å²) in [7, 11) is 0. The maximum Gasteiger partial charge on any atom is 0.146 e. The zero-order chi connectivity index (χ0) is 11.3. The molecule has 3 rings (SSSR count). The third kappa shape index (κ3) is 1.51. The molecule has 6 heteroatoms. The lowest BCUT2D eigenvalue weighted by Gasteiger charge is -2.27. The van der Waals surface area contributed by atoms with Gasteiger partial charge in [0.15, 0.2) is 0 Å². The highest BCUT2D eigenvalue weighted by Crippen LogP contribution is 2.37. The lowest BCUT2D eigenvalue weighted by atomic mass is 10.2. The topological polar surface area (TPSA) is 15.6 Å². The van der Waals surface area contributed by atoms with Gasteiger partial charge in [-0.1, -0.05) is 39.9 Å². The van der Waals surface area contributed by atoms with Crippen LogP contribution in [0.25, 0.3) is 0 Å². The molecule has 0 unspecified atom stereocenters. The molecule has 0 spiro atoms. The van der Waals surface area contributed by atoms with Gasteiger partial charge in [-0.2, -0.15) is 0 Å². The van der Waals surface area contributed by atoms with Gasteiger partial charge in [-0.3, -0.25) is 4.99 Å². The van der Waals surface area contributed by atoms with Gasteiger partial charge in [-0.05, 0) is 12.1 Å². The second kappa shape index (κ2) is 3.78. The number of hydrogen-bond acceptors (Lipinski definition) is 3. The summed E-state index contributed by atoms with van der Waals surface area (Å²) in [6.45, 7) is 1.45. The van der Waals surface area contributed by atoms with Crippen LogP contribution in [0.15, 0.2) is 26.5 Å². The monoisotopic (exact) mass is 316 g/mol. The fourth-order valence-corrected chi connectivity index (χ4v) is 3.82. The van der Waals surface area contributed by atoms with Crippen LogP contribution in [0.3, 0.4) is 0 Å². The van der Waals surface area contributed by atoms with Crippen molar-refractivity contribution >= 4 is 50.1 Å². The number of halogens is 2. The molecule has 0 fully saturated rings. The third-order valence-electron chi connectivity index (χ3n) is 2.50. The van der Waals surface area contributed by atoms with E-state index in [1.54, 1.807) is 0 Å². The molecule has 2 aliphatic heterocycles. The first kappa shape index (κ1) is 10.7. The average Bonchev–Trinajstić information content (AvgIpc) is 2.65. The SMILES string of the molecule is Fc1cc(Br)cc2c1C1=NCCN1C(=S)S2. The first-order valence-electron chi connectivity index (χ1n) is 4.70. The summed E-state index contributed by atoms with van der Waals surface area (Å²) >= 11 is 9.98. The molecule has 0 bridgehead atoms. The normalized spacial score (nSPS) is 18.2. The average molecular weight is 317 g/mol. The van der Waals surface area contributed by atoms with E-state index >= 15 is 0 Å².